The Morgan fingerprint density at radius 1 is 1.14 bits per heavy atom. The van der Waals surface area contributed by atoms with Crippen molar-refractivity contribution in [1.29, 1.82) is 0 Å². The summed E-state index contributed by atoms with van der Waals surface area (Å²) >= 11 is 0. The summed E-state index contributed by atoms with van der Waals surface area (Å²) in [6.45, 7) is 0.493. The van der Waals surface area contributed by atoms with Gasteiger partial charge in [-0.2, -0.15) is 0 Å². The van der Waals surface area contributed by atoms with Gasteiger partial charge in [-0.15, -0.1) is 0 Å². The number of hydrogen-bond acceptors (Lipinski definition) is 3. The van der Waals surface area contributed by atoms with Crippen LogP contribution in [0.4, 0.5) is 0 Å². The maximum atomic E-state index is 10.9. The van der Waals surface area contributed by atoms with Crippen LogP contribution in [0, 0.1) is 5.92 Å². The van der Waals surface area contributed by atoms with Crippen molar-refractivity contribution < 1.29 is 14.6 Å². The highest BCUT2D eigenvalue weighted by molar-refractivity contribution is 5.78. The van der Waals surface area contributed by atoms with E-state index in [1.165, 1.54) is 0 Å². The smallest absolute Gasteiger partial charge is 0.306 e. The zero-order valence-electron chi connectivity index (χ0n) is 11.9. The highest BCUT2D eigenvalue weighted by Gasteiger charge is 2.26. The lowest BCUT2D eigenvalue weighted by atomic mass is 9.87. The lowest BCUT2D eigenvalue weighted by Gasteiger charge is -2.26. The van der Waals surface area contributed by atoms with Crippen molar-refractivity contribution in [2.24, 2.45) is 5.92 Å². The van der Waals surface area contributed by atoms with Crippen LogP contribution < -0.4 is 0 Å². The van der Waals surface area contributed by atoms with Gasteiger partial charge in [-0.25, -0.2) is 0 Å². The Kier molecular flexibility index (Phi) is 4.15. The van der Waals surface area contributed by atoms with Gasteiger partial charge >= 0.3 is 5.97 Å². The number of carboxylic acids is 1. The molecular weight excluding hydrogens is 266 g/mol. The Morgan fingerprint density at radius 3 is 2.67 bits per heavy atom. The second-order valence-corrected chi connectivity index (χ2v) is 5.62. The SMILES string of the molecule is O=C(O)C1CCC(OCc2ccc3ccccc3n2)CC1. The molecular formula is C17H19NO3. The number of ether oxygens (including phenoxy) is 1. The molecule has 0 atom stereocenters. The van der Waals surface area contributed by atoms with Crippen molar-refractivity contribution in [3.8, 4) is 0 Å². The minimum absolute atomic E-state index is 0.161. The number of hydrogen-bond donors (Lipinski definition) is 1. The fourth-order valence-electron chi connectivity index (χ4n) is 2.87. The van der Waals surface area contributed by atoms with Crippen molar-refractivity contribution in [3.05, 3.63) is 42.1 Å². The number of carbonyl (C=O) groups is 1. The molecule has 4 nitrogen and oxygen atoms in total. The number of rotatable bonds is 4. The van der Waals surface area contributed by atoms with Gasteiger partial charge in [-0.3, -0.25) is 9.78 Å². The summed E-state index contributed by atoms with van der Waals surface area (Å²) in [5, 5.41) is 10.1. The zero-order chi connectivity index (χ0) is 14.7. The fraction of sp³-hybridized carbons (Fsp3) is 0.412. The normalized spacial score (nSPS) is 22.3. The predicted molar refractivity (Wildman–Crippen MR) is 79.9 cm³/mol. The van der Waals surface area contributed by atoms with Crippen LogP contribution >= 0.6 is 0 Å². The predicted octanol–water partition coefficient (Wildman–Crippen LogP) is 3.39. The summed E-state index contributed by atoms with van der Waals surface area (Å²) in [5.41, 5.74) is 1.90. The van der Waals surface area contributed by atoms with Gasteiger partial charge in [0.1, 0.15) is 0 Å². The first-order chi connectivity index (χ1) is 10.2. The monoisotopic (exact) mass is 285 g/mol. The minimum Gasteiger partial charge on any atom is -0.481 e. The van der Waals surface area contributed by atoms with Crippen LogP contribution in [0.3, 0.4) is 0 Å². The van der Waals surface area contributed by atoms with Crippen LogP contribution in [-0.4, -0.2) is 22.2 Å². The standard InChI is InChI=1S/C17H19NO3/c19-17(20)13-6-9-15(10-7-13)21-11-14-8-5-12-3-1-2-4-16(12)18-14/h1-5,8,13,15H,6-7,9-11H2,(H,19,20). The maximum absolute atomic E-state index is 10.9. The fourth-order valence-corrected chi connectivity index (χ4v) is 2.87. The molecule has 1 N–H and O–H groups in total. The Morgan fingerprint density at radius 2 is 1.90 bits per heavy atom. The number of aromatic nitrogens is 1. The number of benzene rings is 1. The number of fused-ring (bicyclic) bond motifs is 1. The molecule has 110 valence electrons. The van der Waals surface area contributed by atoms with Crippen LogP contribution in [0.1, 0.15) is 31.4 Å². The van der Waals surface area contributed by atoms with Crippen molar-refractivity contribution in [1.82, 2.24) is 4.98 Å². The Bertz CT molecular complexity index is 633. The number of para-hydroxylation sites is 1. The molecule has 1 aliphatic rings. The van der Waals surface area contributed by atoms with Crippen LogP contribution in [0.25, 0.3) is 10.9 Å². The lowest BCUT2D eigenvalue weighted by Crippen LogP contribution is -2.26. The Balaban J connectivity index is 1.56. The second kappa shape index (κ2) is 6.22. The number of aliphatic carboxylic acids is 1. The van der Waals surface area contributed by atoms with Crippen LogP contribution in [0.2, 0.25) is 0 Å². The summed E-state index contributed by atoms with van der Waals surface area (Å²) in [6.07, 6.45) is 3.24. The maximum Gasteiger partial charge on any atom is 0.306 e. The summed E-state index contributed by atoms with van der Waals surface area (Å²) in [5.74, 6) is -0.867. The third-order valence-electron chi connectivity index (χ3n) is 4.15. The summed E-state index contributed by atoms with van der Waals surface area (Å²) in [6, 6.07) is 12.1. The zero-order valence-corrected chi connectivity index (χ0v) is 11.9. The van der Waals surface area contributed by atoms with E-state index in [-0.39, 0.29) is 12.0 Å². The number of nitrogens with zero attached hydrogens (tertiary/aromatic N) is 1. The van der Waals surface area contributed by atoms with E-state index in [4.69, 9.17) is 9.84 Å². The molecule has 1 aromatic heterocycles. The molecule has 2 aromatic rings. The third kappa shape index (κ3) is 3.39. The first-order valence-corrected chi connectivity index (χ1v) is 7.41. The van der Waals surface area contributed by atoms with E-state index in [9.17, 15) is 4.79 Å². The van der Waals surface area contributed by atoms with Crippen LogP contribution in [0.15, 0.2) is 36.4 Å². The Labute approximate surface area is 123 Å². The van der Waals surface area contributed by atoms with Crippen molar-refractivity contribution >= 4 is 16.9 Å². The van der Waals surface area contributed by atoms with Gasteiger partial charge in [0.25, 0.3) is 0 Å². The highest BCUT2D eigenvalue weighted by atomic mass is 16.5. The molecule has 0 bridgehead atoms. The summed E-state index contributed by atoms with van der Waals surface area (Å²) in [4.78, 5) is 15.5. The average Bonchev–Trinajstić information content (AvgIpc) is 2.53. The number of pyridine rings is 1. The minimum atomic E-state index is -0.676. The summed E-state index contributed by atoms with van der Waals surface area (Å²) < 4.78 is 5.89. The third-order valence-corrected chi connectivity index (χ3v) is 4.15. The van der Waals surface area contributed by atoms with Crippen molar-refractivity contribution in [2.45, 2.75) is 38.4 Å². The van der Waals surface area contributed by atoms with Crippen molar-refractivity contribution in [3.63, 3.8) is 0 Å². The van der Waals surface area contributed by atoms with E-state index in [0.717, 1.165) is 29.4 Å². The highest BCUT2D eigenvalue weighted by Crippen LogP contribution is 2.27. The molecule has 0 aliphatic heterocycles. The van der Waals surface area contributed by atoms with Gasteiger partial charge in [0.2, 0.25) is 0 Å². The van der Waals surface area contributed by atoms with E-state index in [1.807, 2.05) is 30.3 Å². The molecule has 0 amide bonds. The molecule has 1 fully saturated rings. The van der Waals surface area contributed by atoms with Gasteiger partial charge < -0.3 is 9.84 Å². The van der Waals surface area contributed by atoms with Gasteiger partial charge in [0.15, 0.2) is 0 Å². The van der Waals surface area contributed by atoms with Crippen molar-refractivity contribution in [2.75, 3.05) is 0 Å². The first-order valence-electron chi connectivity index (χ1n) is 7.41. The largest absolute Gasteiger partial charge is 0.481 e. The molecule has 0 radical (unpaired) electrons. The van der Waals surface area contributed by atoms with Gasteiger partial charge in [-0.05, 0) is 37.8 Å². The van der Waals surface area contributed by atoms with Gasteiger partial charge in [0.05, 0.1) is 29.8 Å². The molecule has 0 saturated heterocycles. The molecule has 1 heterocycles. The molecule has 0 unspecified atom stereocenters. The van der Waals surface area contributed by atoms with E-state index in [1.54, 1.807) is 0 Å². The molecule has 1 aliphatic carbocycles. The van der Waals surface area contributed by atoms with E-state index in [2.05, 4.69) is 11.1 Å². The molecule has 0 spiro atoms. The van der Waals surface area contributed by atoms with Crippen LogP contribution in [-0.2, 0) is 16.1 Å². The molecule has 3 rings (SSSR count). The lowest BCUT2D eigenvalue weighted by molar-refractivity contribution is -0.143. The van der Waals surface area contributed by atoms with E-state index in [0.29, 0.717) is 19.4 Å². The van der Waals surface area contributed by atoms with E-state index < -0.39 is 5.97 Å². The van der Waals surface area contributed by atoms with Crippen LogP contribution in [0.5, 0.6) is 0 Å². The number of carboxylic acid groups (broad SMARTS) is 1. The van der Waals surface area contributed by atoms with E-state index >= 15 is 0 Å². The second-order valence-electron chi connectivity index (χ2n) is 5.62. The first kappa shape index (κ1) is 14.0. The van der Waals surface area contributed by atoms with Gasteiger partial charge in [-0.1, -0.05) is 24.3 Å². The summed E-state index contributed by atoms with van der Waals surface area (Å²) in [7, 11) is 0. The molecule has 21 heavy (non-hydrogen) atoms. The Hall–Kier alpha value is -1.94. The molecule has 1 saturated carbocycles. The topological polar surface area (TPSA) is 59.4 Å². The molecule has 1 aromatic carbocycles. The average molecular weight is 285 g/mol. The quantitative estimate of drug-likeness (QED) is 0.935. The molecule has 4 heteroatoms. The van der Waals surface area contributed by atoms with Gasteiger partial charge in [0, 0.05) is 5.39 Å².